The molecule has 74 valence electrons. The van der Waals surface area contributed by atoms with E-state index in [1.807, 2.05) is 29.7 Å². The van der Waals surface area contributed by atoms with Crippen molar-refractivity contribution in [1.29, 1.82) is 0 Å². The summed E-state index contributed by atoms with van der Waals surface area (Å²) in [4.78, 5) is 4.37. The van der Waals surface area contributed by atoms with Crippen LogP contribution in [0.1, 0.15) is 5.82 Å². The van der Waals surface area contributed by atoms with Crippen LogP contribution in [0.2, 0.25) is 5.02 Å². The molecule has 1 aromatic heterocycles. The molecule has 1 heterocycles. The van der Waals surface area contributed by atoms with E-state index >= 15 is 0 Å². The quantitative estimate of drug-likeness (QED) is 0.823. The van der Waals surface area contributed by atoms with Crippen LogP contribution < -0.4 is 0 Å². The lowest BCUT2D eigenvalue weighted by Crippen LogP contribution is -2.03. The summed E-state index contributed by atoms with van der Waals surface area (Å²) in [5.74, 6) is 0.899. The van der Waals surface area contributed by atoms with Crippen LogP contribution in [0.5, 0.6) is 0 Å². The van der Waals surface area contributed by atoms with Crippen molar-refractivity contribution in [2.24, 2.45) is 0 Å². The molecule has 0 aliphatic carbocycles. The fourth-order valence-electron chi connectivity index (χ4n) is 1.60. The van der Waals surface area contributed by atoms with Crippen molar-refractivity contribution in [3.63, 3.8) is 0 Å². The molecule has 1 aromatic carbocycles. The van der Waals surface area contributed by atoms with Gasteiger partial charge < -0.3 is 9.67 Å². The molecule has 2 rings (SSSR count). The minimum atomic E-state index is 0.110. The highest BCUT2D eigenvalue weighted by atomic mass is 35.5. The highest BCUT2D eigenvalue weighted by molar-refractivity contribution is 6.31. The van der Waals surface area contributed by atoms with E-state index < -0.39 is 0 Å². The Morgan fingerprint density at radius 3 is 3.00 bits per heavy atom. The zero-order valence-electron chi connectivity index (χ0n) is 7.87. The maximum Gasteiger partial charge on any atom is 0.106 e. The Morgan fingerprint density at radius 1 is 1.50 bits per heavy atom. The topological polar surface area (TPSA) is 38.0 Å². The molecule has 4 heteroatoms. The zero-order valence-corrected chi connectivity index (χ0v) is 8.62. The summed E-state index contributed by atoms with van der Waals surface area (Å²) in [5.41, 5.74) is 1.89. The van der Waals surface area contributed by atoms with Crippen LogP contribution in [0, 0.1) is 6.92 Å². The summed E-state index contributed by atoms with van der Waals surface area (Å²) in [6.45, 7) is 2.59. The van der Waals surface area contributed by atoms with E-state index in [9.17, 15) is 0 Å². The Balaban J connectivity index is 2.66. The molecule has 0 aliphatic rings. The first-order valence-corrected chi connectivity index (χ1v) is 4.83. The number of fused-ring (bicyclic) bond motifs is 1. The summed E-state index contributed by atoms with van der Waals surface area (Å²) >= 11 is 5.90. The second-order valence-electron chi connectivity index (χ2n) is 3.17. The van der Waals surface area contributed by atoms with Gasteiger partial charge in [-0.15, -0.1) is 0 Å². The van der Waals surface area contributed by atoms with Crippen LogP contribution in [0.4, 0.5) is 0 Å². The van der Waals surface area contributed by atoms with E-state index in [2.05, 4.69) is 4.98 Å². The molecule has 0 saturated heterocycles. The van der Waals surface area contributed by atoms with Crippen molar-refractivity contribution in [3.8, 4) is 0 Å². The van der Waals surface area contributed by atoms with Gasteiger partial charge in [0.15, 0.2) is 0 Å². The normalized spacial score (nSPS) is 11.1. The zero-order chi connectivity index (χ0) is 10.1. The van der Waals surface area contributed by atoms with Crippen molar-refractivity contribution < 1.29 is 5.11 Å². The van der Waals surface area contributed by atoms with Gasteiger partial charge >= 0.3 is 0 Å². The van der Waals surface area contributed by atoms with E-state index in [0.717, 1.165) is 16.9 Å². The first-order valence-electron chi connectivity index (χ1n) is 4.45. The smallest absolute Gasteiger partial charge is 0.106 e. The Bertz CT molecular complexity index is 464. The molecule has 14 heavy (non-hydrogen) atoms. The average Bonchev–Trinajstić information content (AvgIpc) is 2.45. The number of aromatic nitrogens is 2. The molecule has 0 spiro atoms. The van der Waals surface area contributed by atoms with Gasteiger partial charge in [-0.2, -0.15) is 0 Å². The number of hydrogen-bond donors (Lipinski definition) is 1. The maximum absolute atomic E-state index is 8.91. The third-order valence-electron chi connectivity index (χ3n) is 2.22. The van der Waals surface area contributed by atoms with Crippen molar-refractivity contribution in [1.82, 2.24) is 9.55 Å². The van der Waals surface area contributed by atoms with Gasteiger partial charge in [-0.25, -0.2) is 4.98 Å². The van der Waals surface area contributed by atoms with E-state index in [-0.39, 0.29) is 6.61 Å². The van der Waals surface area contributed by atoms with Gasteiger partial charge in [-0.05, 0) is 25.1 Å². The molecule has 2 aromatic rings. The van der Waals surface area contributed by atoms with E-state index in [0.29, 0.717) is 11.6 Å². The van der Waals surface area contributed by atoms with E-state index in [4.69, 9.17) is 16.7 Å². The SMILES string of the molecule is Cc1nc2ccc(Cl)cc2n1CCO. The van der Waals surface area contributed by atoms with Crippen molar-refractivity contribution >= 4 is 22.6 Å². The average molecular weight is 211 g/mol. The number of hydrogen-bond acceptors (Lipinski definition) is 2. The van der Waals surface area contributed by atoms with Gasteiger partial charge in [0.05, 0.1) is 17.6 Å². The standard InChI is InChI=1S/C10H11ClN2O/c1-7-12-9-3-2-8(11)6-10(9)13(7)4-5-14/h2-3,6,14H,4-5H2,1H3. The van der Waals surface area contributed by atoms with E-state index in [1.165, 1.54) is 0 Å². The predicted octanol–water partition coefficient (Wildman–Crippen LogP) is 1.99. The van der Waals surface area contributed by atoms with E-state index in [1.54, 1.807) is 0 Å². The second kappa shape index (κ2) is 3.59. The minimum Gasteiger partial charge on any atom is -0.395 e. The summed E-state index contributed by atoms with van der Waals surface area (Å²) in [5, 5.41) is 9.60. The molecule has 0 atom stereocenters. The molecule has 0 bridgehead atoms. The second-order valence-corrected chi connectivity index (χ2v) is 3.60. The highest BCUT2D eigenvalue weighted by Crippen LogP contribution is 2.20. The molecule has 0 aliphatic heterocycles. The molecule has 0 radical (unpaired) electrons. The molecule has 3 nitrogen and oxygen atoms in total. The van der Waals surface area contributed by atoms with Gasteiger partial charge in [-0.3, -0.25) is 0 Å². The Labute approximate surface area is 86.9 Å². The Hall–Kier alpha value is -1.06. The fourth-order valence-corrected chi connectivity index (χ4v) is 1.76. The van der Waals surface area contributed by atoms with Crippen LogP contribution >= 0.6 is 11.6 Å². The third kappa shape index (κ3) is 1.49. The predicted molar refractivity (Wildman–Crippen MR) is 56.6 cm³/mol. The number of rotatable bonds is 2. The van der Waals surface area contributed by atoms with Crippen LogP contribution in [-0.2, 0) is 6.54 Å². The number of benzene rings is 1. The lowest BCUT2D eigenvalue weighted by molar-refractivity contribution is 0.276. The van der Waals surface area contributed by atoms with Gasteiger partial charge in [0.25, 0.3) is 0 Å². The third-order valence-corrected chi connectivity index (χ3v) is 2.46. The number of nitrogens with zero attached hydrogens (tertiary/aromatic N) is 2. The maximum atomic E-state index is 8.91. The molecule has 1 N–H and O–H groups in total. The minimum absolute atomic E-state index is 0.110. The summed E-state index contributed by atoms with van der Waals surface area (Å²) in [7, 11) is 0. The van der Waals surface area contributed by atoms with Gasteiger partial charge in [0.2, 0.25) is 0 Å². The van der Waals surface area contributed by atoms with Gasteiger partial charge in [-0.1, -0.05) is 11.6 Å². The number of imidazole rings is 1. The molecular weight excluding hydrogens is 200 g/mol. The fraction of sp³-hybridized carbons (Fsp3) is 0.300. The van der Waals surface area contributed by atoms with Crippen molar-refractivity contribution in [2.75, 3.05) is 6.61 Å². The Kier molecular flexibility index (Phi) is 2.44. The number of aryl methyl sites for hydroxylation is 1. The first kappa shape index (κ1) is 9.49. The van der Waals surface area contributed by atoms with Crippen LogP contribution in [-0.4, -0.2) is 21.3 Å². The Morgan fingerprint density at radius 2 is 2.29 bits per heavy atom. The van der Waals surface area contributed by atoms with Crippen LogP contribution in [0.25, 0.3) is 11.0 Å². The molecule has 0 fully saturated rings. The lowest BCUT2D eigenvalue weighted by atomic mass is 10.3. The summed E-state index contributed by atoms with van der Waals surface area (Å²) in [6, 6.07) is 5.57. The van der Waals surface area contributed by atoms with Crippen LogP contribution in [0.3, 0.4) is 0 Å². The number of halogens is 1. The molecule has 0 unspecified atom stereocenters. The van der Waals surface area contributed by atoms with Gasteiger partial charge in [0.1, 0.15) is 5.82 Å². The highest BCUT2D eigenvalue weighted by Gasteiger charge is 2.06. The lowest BCUT2D eigenvalue weighted by Gasteiger charge is -2.03. The summed E-state index contributed by atoms with van der Waals surface area (Å²) in [6.07, 6.45) is 0. The van der Waals surface area contributed by atoms with Crippen molar-refractivity contribution in [2.45, 2.75) is 13.5 Å². The number of aliphatic hydroxyl groups is 1. The van der Waals surface area contributed by atoms with Gasteiger partial charge in [0, 0.05) is 11.6 Å². The molecular formula is C10H11ClN2O. The monoisotopic (exact) mass is 210 g/mol. The summed E-state index contributed by atoms with van der Waals surface area (Å²) < 4.78 is 1.96. The first-order chi connectivity index (χ1) is 6.72. The molecule has 0 saturated carbocycles. The number of aliphatic hydroxyl groups excluding tert-OH is 1. The van der Waals surface area contributed by atoms with Crippen molar-refractivity contribution in [3.05, 3.63) is 29.0 Å². The largest absolute Gasteiger partial charge is 0.395 e. The van der Waals surface area contributed by atoms with Crippen LogP contribution in [0.15, 0.2) is 18.2 Å². The molecule has 0 amide bonds.